The molecule has 0 unspecified atom stereocenters. The monoisotopic (exact) mass is 218 g/mol. The SMILES string of the molecule is CCc1ncc(C#CCCCC(=O)O)cn1. The van der Waals surface area contributed by atoms with E-state index in [1.807, 2.05) is 6.92 Å². The molecule has 0 spiro atoms. The third-order valence-electron chi connectivity index (χ3n) is 1.95. The minimum absolute atomic E-state index is 0.167. The number of hydrogen-bond donors (Lipinski definition) is 1. The first-order valence-corrected chi connectivity index (χ1v) is 5.24. The van der Waals surface area contributed by atoms with Crippen molar-refractivity contribution in [2.24, 2.45) is 0 Å². The van der Waals surface area contributed by atoms with Crippen molar-refractivity contribution < 1.29 is 9.90 Å². The Kier molecular flexibility index (Phi) is 5.00. The zero-order valence-corrected chi connectivity index (χ0v) is 9.23. The Morgan fingerprint density at radius 3 is 2.69 bits per heavy atom. The van der Waals surface area contributed by atoms with Crippen LogP contribution in [0.3, 0.4) is 0 Å². The van der Waals surface area contributed by atoms with Crippen LogP contribution in [-0.4, -0.2) is 21.0 Å². The molecule has 0 aromatic carbocycles. The summed E-state index contributed by atoms with van der Waals surface area (Å²) in [5.74, 6) is 5.83. The van der Waals surface area contributed by atoms with Crippen molar-refractivity contribution in [1.29, 1.82) is 0 Å². The topological polar surface area (TPSA) is 63.1 Å². The highest BCUT2D eigenvalue weighted by Crippen LogP contribution is 1.97. The van der Waals surface area contributed by atoms with E-state index in [1.165, 1.54) is 0 Å². The molecule has 0 aliphatic rings. The number of carbonyl (C=O) groups is 1. The normalized spacial score (nSPS) is 9.31. The van der Waals surface area contributed by atoms with Crippen LogP contribution in [0.25, 0.3) is 0 Å². The molecule has 1 rings (SSSR count). The van der Waals surface area contributed by atoms with Crippen molar-refractivity contribution in [3.63, 3.8) is 0 Å². The van der Waals surface area contributed by atoms with Crippen LogP contribution in [0.15, 0.2) is 12.4 Å². The van der Waals surface area contributed by atoms with Gasteiger partial charge in [-0.3, -0.25) is 4.79 Å². The molecule has 0 aliphatic heterocycles. The lowest BCUT2D eigenvalue weighted by atomic mass is 10.2. The number of unbranched alkanes of at least 4 members (excludes halogenated alkanes) is 1. The van der Waals surface area contributed by atoms with Crippen molar-refractivity contribution >= 4 is 5.97 Å². The third kappa shape index (κ3) is 4.56. The standard InChI is InChI=1S/C12H14N2O2/c1-2-11-13-8-10(9-14-11)6-4-3-5-7-12(15)16/h8-9H,2-3,5,7H2,1H3,(H,15,16). The molecule has 4 heteroatoms. The van der Waals surface area contributed by atoms with E-state index in [0.29, 0.717) is 12.8 Å². The maximum atomic E-state index is 10.2. The van der Waals surface area contributed by atoms with Gasteiger partial charge in [-0.15, -0.1) is 0 Å². The van der Waals surface area contributed by atoms with E-state index in [1.54, 1.807) is 12.4 Å². The molecule has 84 valence electrons. The van der Waals surface area contributed by atoms with E-state index in [4.69, 9.17) is 5.11 Å². The molecule has 0 aliphatic carbocycles. The van der Waals surface area contributed by atoms with Gasteiger partial charge < -0.3 is 5.11 Å². The molecular weight excluding hydrogens is 204 g/mol. The summed E-state index contributed by atoms with van der Waals surface area (Å²) in [6.07, 6.45) is 5.52. The fraction of sp³-hybridized carbons (Fsp3) is 0.417. The van der Waals surface area contributed by atoms with Crippen molar-refractivity contribution in [3.05, 3.63) is 23.8 Å². The van der Waals surface area contributed by atoms with Gasteiger partial charge in [0.1, 0.15) is 5.82 Å². The summed E-state index contributed by atoms with van der Waals surface area (Å²) in [7, 11) is 0. The first-order valence-electron chi connectivity index (χ1n) is 5.24. The second kappa shape index (κ2) is 6.57. The van der Waals surface area contributed by atoms with E-state index >= 15 is 0 Å². The second-order valence-electron chi connectivity index (χ2n) is 3.29. The summed E-state index contributed by atoms with van der Waals surface area (Å²) in [5, 5.41) is 8.42. The molecule has 1 N–H and O–H groups in total. The van der Waals surface area contributed by atoms with Gasteiger partial charge in [-0.2, -0.15) is 0 Å². The summed E-state index contributed by atoms with van der Waals surface area (Å²) in [4.78, 5) is 18.5. The van der Waals surface area contributed by atoms with Gasteiger partial charge in [0.05, 0.1) is 5.56 Å². The lowest BCUT2D eigenvalue weighted by Crippen LogP contribution is -1.93. The van der Waals surface area contributed by atoms with E-state index in [-0.39, 0.29) is 6.42 Å². The second-order valence-corrected chi connectivity index (χ2v) is 3.29. The molecule has 16 heavy (non-hydrogen) atoms. The number of rotatable bonds is 4. The summed E-state index contributed by atoms with van der Waals surface area (Å²) < 4.78 is 0. The van der Waals surface area contributed by atoms with Gasteiger partial charge in [0.15, 0.2) is 0 Å². The van der Waals surface area contributed by atoms with Crippen molar-refractivity contribution in [3.8, 4) is 11.8 Å². The van der Waals surface area contributed by atoms with Gasteiger partial charge >= 0.3 is 5.97 Å². The first kappa shape index (κ1) is 12.2. The highest BCUT2D eigenvalue weighted by atomic mass is 16.4. The molecular formula is C12H14N2O2. The smallest absolute Gasteiger partial charge is 0.303 e. The molecule has 0 radical (unpaired) electrons. The molecule has 0 atom stereocenters. The highest BCUT2D eigenvalue weighted by Gasteiger charge is 1.94. The maximum absolute atomic E-state index is 10.2. The molecule has 0 saturated heterocycles. The van der Waals surface area contributed by atoms with Gasteiger partial charge in [0.2, 0.25) is 0 Å². The minimum atomic E-state index is -0.780. The molecule has 4 nitrogen and oxygen atoms in total. The average Bonchev–Trinajstić information content (AvgIpc) is 2.29. The van der Waals surface area contributed by atoms with Gasteiger partial charge in [0.25, 0.3) is 0 Å². The number of aryl methyl sites for hydroxylation is 1. The Labute approximate surface area is 94.7 Å². The Morgan fingerprint density at radius 2 is 2.12 bits per heavy atom. The van der Waals surface area contributed by atoms with Crippen LogP contribution < -0.4 is 0 Å². The van der Waals surface area contributed by atoms with Crippen LogP contribution in [0.2, 0.25) is 0 Å². The average molecular weight is 218 g/mol. The van der Waals surface area contributed by atoms with Gasteiger partial charge in [-0.25, -0.2) is 9.97 Å². The number of nitrogens with zero attached hydrogens (tertiary/aromatic N) is 2. The van der Waals surface area contributed by atoms with Crippen molar-refractivity contribution in [2.75, 3.05) is 0 Å². The molecule has 0 fully saturated rings. The largest absolute Gasteiger partial charge is 0.481 e. The lowest BCUT2D eigenvalue weighted by Gasteiger charge is -1.93. The number of carboxylic acid groups (broad SMARTS) is 1. The Hall–Kier alpha value is -1.89. The van der Waals surface area contributed by atoms with Gasteiger partial charge in [-0.1, -0.05) is 18.8 Å². The minimum Gasteiger partial charge on any atom is -0.481 e. The summed E-state index contributed by atoms with van der Waals surface area (Å²) in [6.45, 7) is 1.99. The molecule has 0 amide bonds. The number of aliphatic carboxylic acids is 1. The van der Waals surface area contributed by atoms with Crippen LogP contribution >= 0.6 is 0 Å². The predicted octanol–water partition coefficient (Wildman–Crippen LogP) is 1.65. The Morgan fingerprint density at radius 1 is 1.44 bits per heavy atom. The van der Waals surface area contributed by atoms with Crippen LogP contribution in [-0.2, 0) is 11.2 Å². The summed E-state index contributed by atoms with van der Waals surface area (Å²) >= 11 is 0. The van der Waals surface area contributed by atoms with Crippen LogP contribution in [0.4, 0.5) is 0 Å². The highest BCUT2D eigenvalue weighted by molar-refractivity contribution is 5.66. The molecule has 0 saturated carbocycles. The van der Waals surface area contributed by atoms with E-state index in [9.17, 15) is 4.79 Å². The zero-order chi connectivity index (χ0) is 11.8. The maximum Gasteiger partial charge on any atom is 0.303 e. The first-order chi connectivity index (χ1) is 7.72. The van der Waals surface area contributed by atoms with E-state index < -0.39 is 5.97 Å². The molecule has 1 heterocycles. The Bertz CT molecular complexity index is 401. The fourth-order valence-electron chi connectivity index (χ4n) is 1.09. The van der Waals surface area contributed by atoms with E-state index in [2.05, 4.69) is 21.8 Å². The van der Waals surface area contributed by atoms with Crippen LogP contribution in [0.5, 0.6) is 0 Å². The van der Waals surface area contributed by atoms with Gasteiger partial charge in [-0.05, 0) is 6.42 Å². The van der Waals surface area contributed by atoms with Crippen molar-refractivity contribution in [2.45, 2.75) is 32.6 Å². The Balaban J connectivity index is 2.41. The van der Waals surface area contributed by atoms with Crippen LogP contribution in [0.1, 0.15) is 37.6 Å². The quantitative estimate of drug-likeness (QED) is 0.616. The van der Waals surface area contributed by atoms with Gasteiger partial charge in [0, 0.05) is 31.7 Å². The summed E-state index contributed by atoms with van der Waals surface area (Å²) in [5.41, 5.74) is 0.771. The number of hydrogen-bond acceptors (Lipinski definition) is 3. The molecule has 1 aromatic heterocycles. The van der Waals surface area contributed by atoms with Crippen molar-refractivity contribution in [1.82, 2.24) is 9.97 Å². The molecule has 0 bridgehead atoms. The zero-order valence-electron chi connectivity index (χ0n) is 9.23. The van der Waals surface area contributed by atoms with E-state index in [0.717, 1.165) is 17.8 Å². The fourth-order valence-corrected chi connectivity index (χ4v) is 1.09. The lowest BCUT2D eigenvalue weighted by molar-refractivity contribution is -0.137. The van der Waals surface area contributed by atoms with Crippen LogP contribution in [0, 0.1) is 11.8 Å². The predicted molar refractivity (Wildman–Crippen MR) is 59.8 cm³/mol. The number of carboxylic acids is 1. The summed E-state index contributed by atoms with van der Waals surface area (Å²) in [6, 6.07) is 0. The third-order valence-corrected chi connectivity index (χ3v) is 1.95. The molecule has 1 aromatic rings. The number of aromatic nitrogens is 2.